The van der Waals surface area contributed by atoms with Crippen LogP contribution < -0.4 is 0 Å². The first kappa shape index (κ1) is 11.2. The molecule has 5 heteroatoms. The van der Waals surface area contributed by atoms with Crippen LogP contribution in [0.15, 0.2) is 42.7 Å². The molecule has 2 aromatic heterocycles. The number of hydrogen-bond acceptors (Lipinski definition) is 3. The van der Waals surface area contributed by atoms with Gasteiger partial charge in [-0.05, 0) is 24.3 Å². The van der Waals surface area contributed by atoms with Crippen molar-refractivity contribution in [3.8, 4) is 5.69 Å². The predicted molar refractivity (Wildman–Crippen MR) is 71.1 cm³/mol. The van der Waals surface area contributed by atoms with E-state index in [4.69, 9.17) is 11.6 Å². The number of alkyl halides is 1. The SMILES string of the molecule is ClCCc1cn(-c2cccc3ncccc23)nn1. The van der Waals surface area contributed by atoms with Crippen molar-refractivity contribution < 1.29 is 0 Å². The number of rotatable bonds is 3. The fraction of sp³-hybridized carbons (Fsp3) is 0.154. The summed E-state index contributed by atoms with van der Waals surface area (Å²) in [7, 11) is 0. The van der Waals surface area contributed by atoms with E-state index in [1.165, 1.54) is 0 Å². The summed E-state index contributed by atoms with van der Waals surface area (Å²) in [6, 6.07) is 9.90. The summed E-state index contributed by atoms with van der Waals surface area (Å²) in [6.45, 7) is 0. The average molecular weight is 259 g/mol. The number of fused-ring (bicyclic) bond motifs is 1. The van der Waals surface area contributed by atoms with Crippen LogP contribution in [0.1, 0.15) is 5.69 Å². The topological polar surface area (TPSA) is 43.6 Å². The molecule has 0 atom stereocenters. The van der Waals surface area contributed by atoms with Crippen molar-refractivity contribution in [2.24, 2.45) is 0 Å². The monoisotopic (exact) mass is 258 g/mol. The van der Waals surface area contributed by atoms with Crippen LogP contribution in [0.4, 0.5) is 0 Å². The van der Waals surface area contributed by atoms with E-state index >= 15 is 0 Å². The normalized spacial score (nSPS) is 10.9. The molecule has 0 aliphatic rings. The highest BCUT2D eigenvalue weighted by atomic mass is 35.5. The highest BCUT2D eigenvalue weighted by Crippen LogP contribution is 2.19. The zero-order valence-corrected chi connectivity index (χ0v) is 10.4. The molecular formula is C13H11ClN4. The van der Waals surface area contributed by atoms with Gasteiger partial charge in [-0.2, -0.15) is 0 Å². The Bertz CT molecular complexity index is 672. The first-order valence-electron chi connectivity index (χ1n) is 5.70. The number of aromatic nitrogens is 4. The molecule has 2 heterocycles. The second-order valence-electron chi connectivity index (χ2n) is 3.94. The maximum Gasteiger partial charge on any atom is 0.0843 e. The Morgan fingerprint density at radius 2 is 2.11 bits per heavy atom. The molecule has 0 unspecified atom stereocenters. The molecule has 0 radical (unpaired) electrons. The smallest absolute Gasteiger partial charge is 0.0843 e. The van der Waals surface area contributed by atoms with E-state index in [0.717, 1.165) is 28.7 Å². The van der Waals surface area contributed by atoms with Gasteiger partial charge in [-0.3, -0.25) is 4.98 Å². The van der Waals surface area contributed by atoms with Crippen LogP contribution in [0.2, 0.25) is 0 Å². The third kappa shape index (κ3) is 1.95. The molecular weight excluding hydrogens is 248 g/mol. The van der Waals surface area contributed by atoms with Crippen LogP contribution in [0.25, 0.3) is 16.6 Å². The molecule has 18 heavy (non-hydrogen) atoms. The summed E-state index contributed by atoms with van der Waals surface area (Å²) >= 11 is 5.70. The number of benzene rings is 1. The highest BCUT2D eigenvalue weighted by Gasteiger charge is 2.06. The van der Waals surface area contributed by atoms with Crippen molar-refractivity contribution in [3.63, 3.8) is 0 Å². The minimum Gasteiger partial charge on any atom is -0.256 e. The quantitative estimate of drug-likeness (QED) is 0.678. The highest BCUT2D eigenvalue weighted by molar-refractivity contribution is 6.17. The zero-order chi connectivity index (χ0) is 12.4. The Hall–Kier alpha value is -1.94. The van der Waals surface area contributed by atoms with Crippen LogP contribution in [0.3, 0.4) is 0 Å². The predicted octanol–water partition coefficient (Wildman–Crippen LogP) is 2.60. The number of nitrogens with zero attached hydrogens (tertiary/aromatic N) is 4. The number of aryl methyl sites for hydroxylation is 1. The summed E-state index contributed by atoms with van der Waals surface area (Å²) in [4.78, 5) is 4.33. The van der Waals surface area contributed by atoms with Crippen molar-refractivity contribution >= 4 is 22.5 Å². The molecule has 0 amide bonds. The minimum atomic E-state index is 0.551. The number of halogens is 1. The molecule has 0 spiro atoms. The van der Waals surface area contributed by atoms with Crippen LogP contribution in [-0.4, -0.2) is 25.9 Å². The molecule has 0 aliphatic carbocycles. The molecule has 0 fully saturated rings. The molecule has 0 saturated carbocycles. The van der Waals surface area contributed by atoms with Gasteiger partial charge in [0, 0.05) is 23.9 Å². The standard InChI is InChI=1S/C13H11ClN4/c14-7-6-10-9-18(17-16-10)13-5-1-4-12-11(13)3-2-8-15-12/h1-5,8-9H,6-7H2. The van der Waals surface area contributed by atoms with Gasteiger partial charge in [0.25, 0.3) is 0 Å². The summed E-state index contributed by atoms with van der Waals surface area (Å²) in [5, 5.41) is 9.29. The molecule has 90 valence electrons. The van der Waals surface area contributed by atoms with Crippen LogP contribution in [-0.2, 0) is 6.42 Å². The molecule has 0 N–H and O–H groups in total. The summed E-state index contributed by atoms with van der Waals surface area (Å²) in [6.07, 6.45) is 4.42. The molecule has 0 aliphatic heterocycles. The van der Waals surface area contributed by atoms with Gasteiger partial charge in [0.2, 0.25) is 0 Å². The first-order valence-corrected chi connectivity index (χ1v) is 6.23. The Labute approximate surface area is 109 Å². The largest absolute Gasteiger partial charge is 0.256 e. The van der Waals surface area contributed by atoms with Gasteiger partial charge in [-0.15, -0.1) is 16.7 Å². The van der Waals surface area contributed by atoms with Crippen LogP contribution >= 0.6 is 11.6 Å². The number of pyridine rings is 1. The molecule has 3 aromatic rings. The lowest BCUT2D eigenvalue weighted by Gasteiger charge is -2.04. The van der Waals surface area contributed by atoms with E-state index in [9.17, 15) is 0 Å². The van der Waals surface area contributed by atoms with Gasteiger partial charge in [0.05, 0.1) is 23.1 Å². The van der Waals surface area contributed by atoms with Gasteiger partial charge in [-0.1, -0.05) is 11.3 Å². The fourth-order valence-corrected chi connectivity index (χ4v) is 2.11. The first-order chi connectivity index (χ1) is 8.88. The summed E-state index contributed by atoms with van der Waals surface area (Å²) < 4.78 is 1.77. The lowest BCUT2D eigenvalue weighted by atomic mass is 10.2. The third-order valence-corrected chi connectivity index (χ3v) is 2.95. The molecule has 0 bridgehead atoms. The van der Waals surface area contributed by atoms with E-state index in [1.54, 1.807) is 10.9 Å². The minimum absolute atomic E-state index is 0.551. The zero-order valence-electron chi connectivity index (χ0n) is 9.62. The molecule has 1 aromatic carbocycles. The van der Waals surface area contributed by atoms with Crippen molar-refractivity contribution in [2.75, 3.05) is 5.88 Å². The van der Waals surface area contributed by atoms with E-state index < -0.39 is 0 Å². The Balaban J connectivity index is 2.12. The maximum atomic E-state index is 5.70. The Morgan fingerprint density at radius 1 is 1.17 bits per heavy atom. The fourth-order valence-electron chi connectivity index (χ4n) is 1.91. The average Bonchev–Trinajstić information content (AvgIpc) is 2.87. The lowest BCUT2D eigenvalue weighted by molar-refractivity contribution is 0.802. The molecule has 3 rings (SSSR count). The maximum absolute atomic E-state index is 5.70. The van der Waals surface area contributed by atoms with Crippen molar-refractivity contribution in [3.05, 3.63) is 48.4 Å². The van der Waals surface area contributed by atoms with E-state index in [0.29, 0.717) is 5.88 Å². The summed E-state index contributed by atoms with van der Waals surface area (Å²) in [5.74, 6) is 0.551. The second-order valence-corrected chi connectivity index (χ2v) is 4.32. The van der Waals surface area contributed by atoms with Gasteiger partial charge < -0.3 is 0 Å². The lowest BCUT2D eigenvalue weighted by Crippen LogP contribution is -1.96. The van der Waals surface area contributed by atoms with Gasteiger partial charge in [-0.25, -0.2) is 4.68 Å². The second kappa shape index (κ2) is 4.74. The third-order valence-electron chi connectivity index (χ3n) is 2.76. The van der Waals surface area contributed by atoms with Gasteiger partial charge in [0.15, 0.2) is 0 Å². The van der Waals surface area contributed by atoms with Crippen molar-refractivity contribution in [1.82, 2.24) is 20.0 Å². The number of hydrogen-bond donors (Lipinski definition) is 0. The van der Waals surface area contributed by atoms with Gasteiger partial charge in [0.1, 0.15) is 0 Å². The molecule has 0 saturated heterocycles. The van der Waals surface area contributed by atoms with Crippen molar-refractivity contribution in [2.45, 2.75) is 6.42 Å². The Kier molecular flexibility index (Phi) is 2.94. The molecule has 4 nitrogen and oxygen atoms in total. The summed E-state index contributed by atoms with van der Waals surface area (Å²) in [5.41, 5.74) is 2.82. The van der Waals surface area contributed by atoms with Gasteiger partial charge >= 0.3 is 0 Å². The van der Waals surface area contributed by atoms with Crippen LogP contribution in [0, 0.1) is 0 Å². The van der Waals surface area contributed by atoms with E-state index in [-0.39, 0.29) is 0 Å². The van der Waals surface area contributed by atoms with Crippen molar-refractivity contribution in [1.29, 1.82) is 0 Å². The van der Waals surface area contributed by atoms with E-state index in [1.807, 2.05) is 36.5 Å². The Morgan fingerprint density at radius 3 is 3.00 bits per heavy atom. The van der Waals surface area contributed by atoms with E-state index in [2.05, 4.69) is 15.3 Å². The van der Waals surface area contributed by atoms with Crippen LogP contribution in [0.5, 0.6) is 0 Å².